The third-order valence-corrected chi connectivity index (χ3v) is 3.70. The number of hydrogen-bond acceptors (Lipinski definition) is 4. The molecule has 102 valence electrons. The molecule has 5 nitrogen and oxygen atoms in total. The van der Waals surface area contributed by atoms with Gasteiger partial charge in [0.25, 0.3) is 0 Å². The Morgan fingerprint density at radius 3 is 2.78 bits per heavy atom. The molecular weight excluding hydrogens is 261 g/mol. The maximum absolute atomic E-state index is 13.1. The van der Waals surface area contributed by atoms with Gasteiger partial charge in [0.05, 0.1) is 18.1 Å². The van der Waals surface area contributed by atoms with Gasteiger partial charge in [0.15, 0.2) is 0 Å². The Kier molecular flexibility index (Phi) is 5.67. The minimum atomic E-state index is -3.70. The maximum Gasteiger partial charge on any atom is 0.240 e. The summed E-state index contributed by atoms with van der Waals surface area (Å²) in [6, 6.07) is 3.28. The van der Waals surface area contributed by atoms with Crippen molar-refractivity contribution in [2.24, 2.45) is 0 Å². The summed E-state index contributed by atoms with van der Waals surface area (Å²) in [5.41, 5.74) is -0.0531. The molecule has 0 amide bonds. The van der Waals surface area contributed by atoms with Crippen LogP contribution >= 0.6 is 0 Å². The third-order valence-electron chi connectivity index (χ3n) is 2.24. The topological polar surface area (TPSA) is 75.6 Å². The minimum Gasteiger partial charge on any atom is -0.392 e. The van der Waals surface area contributed by atoms with Crippen molar-refractivity contribution in [3.63, 3.8) is 0 Å². The normalized spacial score (nSPS) is 11.7. The van der Waals surface area contributed by atoms with E-state index in [-0.39, 0.29) is 23.6 Å². The van der Waals surface area contributed by atoms with Gasteiger partial charge in [0, 0.05) is 18.7 Å². The highest BCUT2D eigenvalue weighted by Gasteiger charge is 2.15. The summed E-state index contributed by atoms with van der Waals surface area (Å²) < 4.78 is 44.0. The van der Waals surface area contributed by atoms with E-state index in [1.807, 2.05) is 6.92 Å². The Hall–Kier alpha value is -1.02. The van der Waals surface area contributed by atoms with Crippen molar-refractivity contribution in [3.05, 3.63) is 29.6 Å². The van der Waals surface area contributed by atoms with E-state index in [4.69, 9.17) is 9.84 Å². The zero-order valence-corrected chi connectivity index (χ0v) is 10.8. The van der Waals surface area contributed by atoms with Crippen LogP contribution in [0.4, 0.5) is 4.39 Å². The van der Waals surface area contributed by atoms with E-state index in [0.29, 0.717) is 6.61 Å². The summed E-state index contributed by atoms with van der Waals surface area (Å²) in [6.07, 6.45) is 0. The molecule has 1 rings (SSSR count). The fourth-order valence-electron chi connectivity index (χ4n) is 1.32. The summed E-state index contributed by atoms with van der Waals surface area (Å²) in [6.45, 7) is 2.18. The molecule has 0 radical (unpaired) electrons. The lowest BCUT2D eigenvalue weighted by atomic mass is 10.2. The summed E-state index contributed by atoms with van der Waals surface area (Å²) in [7, 11) is -3.70. The molecule has 18 heavy (non-hydrogen) atoms. The van der Waals surface area contributed by atoms with Gasteiger partial charge >= 0.3 is 0 Å². The maximum atomic E-state index is 13.1. The molecule has 0 aliphatic rings. The van der Waals surface area contributed by atoms with E-state index >= 15 is 0 Å². The smallest absolute Gasteiger partial charge is 0.240 e. The van der Waals surface area contributed by atoms with Crippen LogP contribution in [0.5, 0.6) is 0 Å². The highest BCUT2D eigenvalue weighted by molar-refractivity contribution is 7.89. The van der Waals surface area contributed by atoms with Crippen molar-refractivity contribution >= 4 is 10.0 Å². The van der Waals surface area contributed by atoms with Gasteiger partial charge in [-0.3, -0.25) is 0 Å². The lowest BCUT2D eigenvalue weighted by Crippen LogP contribution is -2.27. The Bertz CT molecular complexity index is 490. The van der Waals surface area contributed by atoms with Crippen molar-refractivity contribution in [1.29, 1.82) is 0 Å². The lowest BCUT2D eigenvalue weighted by Gasteiger charge is -2.08. The Morgan fingerprint density at radius 1 is 1.44 bits per heavy atom. The van der Waals surface area contributed by atoms with Gasteiger partial charge in [-0.15, -0.1) is 0 Å². The predicted octanol–water partition coefficient (Wildman–Crippen LogP) is 0.633. The minimum absolute atomic E-state index is 0.0531. The number of nitrogens with one attached hydrogen (secondary N) is 1. The van der Waals surface area contributed by atoms with E-state index in [2.05, 4.69) is 4.72 Å². The average molecular weight is 277 g/mol. The molecule has 0 fully saturated rings. The number of halogens is 1. The van der Waals surface area contributed by atoms with Gasteiger partial charge in [-0.05, 0) is 25.1 Å². The third kappa shape index (κ3) is 4.02. The van der Waals surface area contributed by atoms with Crippen LogP contribution in [0, 0.1) is 5.82 Å². The number of ether oxygens (including phenoxy) is 1. The lowest BCUT2D eigenvalue weighted by molar-refractivity contribution is 0.153. The van der Waals surface area contributed by atoms with Gasteiger partial charge < -0.3 is 9.84 Å². The molecular formula is C11H16FNO4S. The zero-order valence-electron chi connectivity index (χ0n) is 10.0. The summed E-state index contributed by atoms with van der Waals surface area (Å²) >= 11 is 0. The molecule has 1 aromatic rings. The molecule has 0 saturated carbocycles. The summed E-state index contributed by atoms with van der Waals surface area (Å²) in [4.78, 5) is -0.0792. The molecule has 0 aliphatic carbocycles. The Balaban J connectivity index is 2.78. The van der Waals surface area contributed by atoms with Crippen LogP contribution in [0.1, 0.15) is 12.5 Å². The number of aliphatic hydroxyl groups excluding tert-OH is 1. The molecule has 1 aromatic carbocycles. The van der Waals surface area contributed by atoms with Gasteiger partial charge in [0.2, 0.25) is 10.0 Å². The van der Waals surface area contributed by atoms with Crippen molar-refractivity contribution in [1.82, 2.24) is 4.72 Å². The number of sulfonamides is 1. The zero-order chi connectivity index (χ0) is 13.6. The second-order valence-electron chi connectivity index (χ2n) is 3.51. The van der Waals surface area contributed by atoms with Crippen LogP contribution in [0.15, 0.2) is 23.1 Å². The van der Waals surface area contributed by atoms with Crippen LogP contribution < -0.4 is 4.72 Å². The summed E-state index contributed by atoms with van der Waals surface area (Å²) in [5, 5.41) is 8.88. The molecule has 0 saturated heterocycles. The quantitative estimate of drug-likeness (QED) is 0.717. The number of hydrogen-bond donors (Lipinski definition) is 2. The molecule has 0 atom stereocenters. The van der Waals surface area contributed by atoms with Crippen LogP contribution in [0.25, 0.3) is 0 Å². The van der Waals surface area contributed by atoms with Gasteiger partial charge in [0.1, 0.15) is 5.82 Å². The fraction of sp³-hybridized carbons (Fsp3) is 0.455. The molecule has 0 bridgehead atoms. The van der Waals surface area contributed by atoms with E-state index < -0.39 is 22.4 Å². The van der Waals surface area contributed by atoms with Crippen LogP contribution in [0.2, 0.25) is 0 Å². The van der Waals surface area contributed by atoms with Crippen molar-refractivity contribution in [2.75, 3.05) is 19.8 Å². The second kappa shape index (κ2) is 6.79. The molecule has 0 heterocycles. The van der Waals surface area contributed by atoms with E-state index in [1.165, 1.54) is 0 Å². The number of aliphatic hydroxyl groups is 1. The summed E-state index contributed by atoms with van der Waals surface area (Å²) in [5.74, 6) is -0.634. The molecule has 0 unspecified atom stereocenters. The van der Waals surface area contributed by atoms with E-state index in [9.17, 15) is 12.8 Å². The monoisotopic (exact) mass is 277 g/mol. The molecule has 7 heteroatoms. The van der Waals surface area contributed by atoms with Gasteiger partial charge in [-0.25, -0.2) is 17.5 Å². The molecule has 0 aliphatic heterocycles. The van der Waals surface area contributed by atoms with Crippen molar-refractivity contribution in [3.8, 4) is 0 Å². The number of benzene rings is 1. The van der Waals surface area contributed by atoms with Crippen LogP contribution in [0.3, 0.4) is 0 Å². The standard InChI is InChI=1S/C11H16FNO4S/c1-2-17-6-5-13-18(15,16)10-3-4-11(12)9(7-10)8-14/h3-4,7,13-14H,2,5-6,8H2,1H3. The first-order valence-electron chi connectivity index (χ1n) is 5.48. The van der Waals surface area contributed by atoms with Gasteiger partial charge in [-0.1, -0.05) is 0 Å². The Labute approximate surface area is 106 Å². The molecule has 0 spiro atoms. The fourth-order valence-corrected chi connectivity index (χ4v) is 2.38. The Morgan fingerprint density at radius 2 is 2.17 bits per heavy atom. The first kappa shape index (κ1) is 15.0. The first-order valence-corrected chi connectivity index (χ1v) is 6.96. The SMILES string of the molecule is CCOCCNS(=O)(=O)c1ccc(F)c(CO)c1. The van der Waals surface area contributed by atoms with Crippen LogP contribution in [-0.2, 0) is 21.4 Å². The highest BCUT2D eigenvalue weighted by atomic mass is 32.2. The van der Waals surface area contributed by atoms with E-state index in [0.717, 1.165) is 18.2 Å². The average Bonchev–Trinajstić information content (AvgIpc) is 2.35. The van der Waals surface area contributed by atoms with Crippen molar-refractivity contribution < 1.29 is 22.7 Å². The molecule has 0 aromatic heterocycles. The number of rotatable bonds is 7. The largest absolute Gasteiger partial charge is 0.392 e. The van der Waals surface area contributed by atoms with Crippen LogP contribution in [-0.4, -0.2) is 33.3 Å². The second-order valence-corrected chi connectivity index (χ2v) is 5.27. The first-order chi connectivity index (χ1) is 8.51. The van der Waals surface area contributed by atoms with E-state index in [1.54, 1.807) is 0 Å². The highest BCUT2D eigenvalue weighted by Crippen LogP contribution is 2.14. The van der Waals surface area contributed by atoms with Gasteiger partial charge in [-0.2, -0.15) is 0 Å². The van der Waals surface area contributed by atoms with Crippen molar-refractivity contribution in [2.45, 2.75) is 18.4 Å². The molecule has 2 N–H and O–H groups in total. The predicted molar refractivity (Wildman–Crippen MR) is 64.0 cm³/mol.